The molecule has 0 aromatic heterocycles. The average molecular weight is 178 g/mol. The topological polar surface area (TPSA) is 35.8 Å². The van der Waals surface area contributed by atoms with E-state index in [1.807, 2.05) is 6.92 Å². The lowest BCUT2D eigenvalue weighted by Gasteiger charge is -2.09. The lowest BCUT2D eigenvalue weighted by Crippen LogP contribution is -2.19. The van der Waals surface area contributed by atoms with Crippen LogP contribution in [0.1, 0.15) is 18.5 Å². The maximum absolute atomic E-state index is 12.8. The molecule has 0 saturated carbocycles. The fourth-order valence-corrected chi connectivity index (χ4v) is 1.13. The van der Waals surface area contributed by atoms with Gasteiger partial charge in [-0.25, -0.2) is 4.39 Å². The van der Waals surface area contributed by atoms with Crippen molar-refractivity contribution in [2.45, 2.75) is 13.0 Å². The first-order valence-electron chi connectivity index (χ1n) is 4.16. The Balaban J connectivity index is 2.86. The third-order valence-corrected chi connectivity index (χ3v) is 1.72. The van der Waals surface area contributed by atoms with Crippen molar-refractivity contribution in [1.82, 2.24) is 5.32 Å². The van der Waals surface area contributed by atoms with E-state index in [0.717, 1.165) is 0 Å². The molecule has 1 unspecified atom stereocenters. The summed E-state index contributed by atoms with van der Waals surface area (Å²) in [4.78, 5) is 0. The second-order valence-electron chi connectivity index (χ2n) is 2.67. The number of benzene rings is 1. The van der Waals surface area contributed by atoms with E-state index in [2.05, 4.69) is 11.4 Å². The Morgan fingerprint density at radius 1 is 1.62 bits per heavy atom. The van der Waals surface area contributed by atoms with Gasteiger partial charge < -0.3 is 0 Å². The molecule has 0 amide bonds. The molecule has 1 aromatic carbocycles. The van der Waals surface area contributed by atoms with Crippen LogP contribution in [0.5, 0.6) is 0 Å². The molecule has 0 saturated heterocycles. The van der Waals surface area contributed by atoms with Crippen LogP contribution >= 0.6 is 0 Å². The first-order valence-corrected chi connectivity index (χ1v) is 4.16. The van der Waals surface area contributed by atoms with Crippen LogP contribution in [0.15, 0.2) is 24.3 Å². The summed E-state index contributed by atoms with van der Waals surface area (Å²) in [5.41, 5.74) is 0.671. The minimum atomic E-state index is -0.416. The summed E-state index contributed by atoms with van der Waals surface area (Å²) in [6, 6.07) is 7.73. The molecule has 1 aromatic rings. The molecule has 0 radical (unpaired) electrons. The van der Waals surface area contributed by atoms with Gasteiger partial charge in [-0.1, -0.05) is 19.1 Å². The average Bonchev–Trinajstić information content (AvgIpc) is 2.14. The van der Waals surface area contributed by atoms with Crippen LogP contribution in [0.3, 0.4) is 0 Å². The van der Waals surface area contributed by atoms with Gasteiger partial charge in [-0.2, -0.15) is 5.26 Å². The highest BCUT2D eigenvalue weighted by molar-refractivity contribution is 5.24. The van der Waals surface area contributed by atoms with E-state index >= 15 is 0 Å². The summed E-state index contributed by atoms with van der Waals surface area (Å²) in [5, 5.41) is 11.7. The molecule has 13 heavy (non-hydrogen) atoms. The van der Waals surface area contributed by atoms with Crippen LogP contribution in [-0.2, 0) is 0 Å². The maximum atomic E-state index is 12.8. The highest BCUT2D eigenvalue weighted by atomic mass is 19.1. The van der Waals surface area contributed by atoms with E-state index in [4.69, 9.17) is 5.26 Å². The number of rotatable bonds is 3. The van der Waals surface area contributed by atoms with Crippen LogP contribution in [0.4, 0.5) is 4.39 Å². The first-order chi connectivity index (χ1) is 6.27. The molecule has 3 heteroatoms. The van der Waals surface area contributed by atoms with Gasteiger partial charge in [0, 0.05) is 0 Å². The lowest BCUT2D eigenvalue weighted by atomic mass is 10.1. The zero-order valence-electron chi connectivity index (χ0n) is 7.42. The van der Waals surface area contributed by atoms with Crippen molar-refractivity contribution < 1.29 is 4.39 Å². The van der Waals surface area contributed by atoms with E-state index in [-0.39, 0.29) is 5.82 Å². The molecule has 0 bridgehead atoms. The molecule has 1 N–H and O–H groups in total. The molecule has 1 rings (SSSR count). The van der Waals surface area contributed by atoms with Gasteiger partial charge in [0.2, 0.25) is 0 Å². The Labute approximate surface area is 77.0 Å². The number of hydrogen-bond acceptors (Lipinski definition) is 2. The maximum Gasteiger partial charge on any atom is 0.123 e. The molecule has 0 aliphatic heterocycles. The zero-order chi connectivity index (χ0) is 9.68. The highest BCUT2D eigenvalue weighted by Crippen LogP contribution is 2.12. The summed E-state index contributed by atoms with van der Waals surface area (Å²) < 4.78 is 12.8. The molecule has 0 fully saturated rings. The Hall–Kier alpha value is -1.40. The van der Waals surface area contributed by atoms with Crippen LogP contribution in [-0.4, -0.2) is 6.54 Å². The number of nitrogens with zero attached hydrogens (tertiary/aromatic N) is 1. The Morgan fingerprint density at radius 3 is 2.92 bits per heavy atom. The van der Waals surface area contributed by atoms with Crippen molar-refractivity contribution >= 4 is 0 Å². The first kappa shape index (κ1) is 9.69. The number of hydrogen-bond donors (Lipinski definition) is 1. The molecule has 0 heterocycles. The van der Waals surface area contributed by atoms with Gasteiger partial charge in [0.15, 0.2) is 0 Å². The molecule has 68 valence electrons. The fourth-order valence-electron chi connectivity index (χ4n) is 1.13. The lowest BCUT2D eigenvalue weighted by molar-refractivity contribution is 0.613. The van der Waals surface area contributed by atoms with E-state index in [0.29, 0.717) is 12.1 Å². The molecule has 0 spiro atoms. The van der Waals surface area contributed by atoms with Crippen molar-refractivity contribution in [1.29, 1.82) is 5.26 Å². The molecular formula is C10H11FN2. The third-order valence-electron chi connectivity index (χ3n) is 1.72. The Kier molecular flexibility index (Phi) is 3.41. The fraction of sp³-hybridized carbons (Fsp3) is 0.300. The van der Waals surface area contributed by atoms with Crippen molar-refractivity contribution in [3.8, 4) is 6.07 Å². The standard InChI is InChI=1S/C10H11FN2/c1-2-13-10(7-12)8-4-3-5-9(11)6-8/h3-6,10,13H,2H2,1H3. The smallest absolute Gasteiger partial charge is 0.123 e. The summed E-state index contributed by atoms with van der Waals surface area (Å²) >= 11 is 0. The quantitative estimate of drug-likeness (QED) is 0.768. The third kappa shape index (κ3) is 2.53. The van der Waals surface area contributed by atoms with Gasteiger partial charge >= 0.3 is 0 Å². The highest BCUT2D eigenvalue weighted by Gasteiger charge is 2.08. The Morgan fingerprint density at radius 2 is 2.38 bits per heavy atom. The predicted octanol–water partition coefficient (Wildman–Crippen LogP) is 2.00. The van der Waals surface area contributed by atoms with Gasteiger partial charge in [0.1, 0.15) is 11.9 Å². The van der Waals surface area contributed by atoms with Crippen molar-refractivity contribution in [2.24, 2.45) is 0 Å². The van der Waals surface area contributed by atoms with Crippen LogP contribution in [0, 0.1) is 17.1 Å². The van der Waals surface area contributed by atoms with Gasteiger partial charge in [-0.15, -0.1) is 0 Å². The van der Waals surface area contributed by atoms with Gasteiger partial charge in [-0.3, -0.25) is 5.32 Å². The minimum absolute atomic E-state index is 0.310. The van der Waals surface area contributed by atoms with Gasteiger partial charge in [0.05, 0.1) is 6.07 Å². The van der Waals surface area contributed by atoms with Gasteiger partial charge in [0.25, 0.3) is 0 Å². The molecule has 0 aliphatic carbocycles. The van der Waals surface area contributed by atoms with Crippen LogP contribution in [0.25, 0.3) is 0 Å². The van der Waals surface area contributed by atoms with Crippen LogP contribution < -0.4 is 5.32 Å². The largest absolute Gasteiger partial charge is 0.298 e. The summed E-state index contributed by atoms with van der Waals surface area (Å²) in [5.74, 6) is -0.310. The van der Waals surface area contributed by atoms with Crippen LogP contribution in [0.2, 0.25) is 0 Å². The number of nitriles is 1. The predicted molar refractivity (Wildman–Crippen MR) is 48.4 cm³/mol. The summed E-state index contributed by atoms with van der Waals surface area (Å²) in [6.45, 7) is 2.60. The van der Waals surface area contributed by atoms with E-state index in [9.17, 15) is 4.39 Å². The van der Waals surface area contributed by atoms with Crippen molar-refractivity contribution in [3.63, 3.8) is 0 Å². The molecule has 2 nitrogen and oxygen atoms in total. The zero-order valence-corrected chi connectivity index (χ0v) is 7.42. The normalized spacial score (nSPS) is 12.1. The Bertz CT molecular complexity index is 317. The minimum Gasteiger partial charge on any atom is -0.298 e. The van der Waals surface area contributed by atoms with Crippen molar-refractivity contribution in [2.75, 3.05) is 6.54 Å². The summed E-state index contributed by atoms with van der Waals surface area (Å²) in [7, 11) is 0. The molecule has 0 aliphatic rings. The number of nitrogens with one attached hydrogen (secondary N) is 1. The molecular weight excluding hydrogens is 167 g/mol. The van der Waals surface area contributed by atoms with Gasteiger partial charge in [-0.05, 0) is 24.2 Å². The number of halogens is 1. The monoisotopic (exact) mass is 178 g/mol. The second-order valence-corrected chi connectivity index (χ2v) is 2.67. The second kappa shape index (κ2) is 4.58. The van der Waals surface area contributed by atoms with E-state index in [1.165, 1.54) is 12.1 Å². The van der Waals surface area contributed by atoms with E-state index in [1.54, 1.807) is 12.1 Å². The molecule has 1 atom stereocenters. The summed E-state index contributed by atoms with van der Waals surface area (Å²) in [6.07, 6.45) is 0. The van der Waals surface area contributed by atoms with Crippen molar-refractivity contribution in [3.05, 3.63) is 35.6 Å². The van der Waals surface area contributed by atoms with E-state index < -0.39 is 6.04 Å². The SMILES string of the molecule is CCNC(C#N)c1cccc(F)c1.